The second-order valence-corrected chi connectivity index (χ2v) is 10.9. The molecule has 0 bridgehead atoms. The van der Waals surface area contributed by atoms with Crippen molar-refractivity contribution in [2.75, 3.05) is 5.32 Å². The van der Waals surface area contributed by atoms with Crippen LogP contribution in [0, 0.1) is 4.77 Å². The van der Waals surface area contributed by atoms with Gasteiger partial charge in [-0.1, -0.05) is 25.0 Å². The lowest BCUT2D eigenvalue weighted by atomic mass is 10.2. The smallest absolute Gasteiger partial charge is 0.247 e. The fourth-order valence-corrected chi connectivity index (χ4v) is 6.65. The van der Waals surface area contributed by atoms with Gasteiger partial charge in [-0.25, -0.2) is 8.42 Å². The zero-order chi connectivity index (χ0) is 21.3. The van der Waals surface area contributed by atoms with Crippen LogP contribution >= 0.6 is 23.6 Å². The van der Waals surface area contributed by atoms with Crippen LogP contribution in [-0.2, 0) is 14.6 Å². The minimum absolute atomic E-state index is 0.249. The van der Waals surface area contributed by atoms with E-state index in [1.54, 1.807) is 29.7 Å². The van der Waals surface area contributed by atoms with Gasteiger partial charge in [0.25, 0.3) is 0 Å². The number of nitrogens with one attached hydrogen (secondary N) is 2. The number of hydrogen-bond acceptors (Lipinski definition) is 6. The third kappa shape index (κ3) is 3.99. The molecule has 10 heteroatoms. The molecule has 0 radical (unpaired) electrons. The summed E-state index contributed by atoms with van der Waals surface area (Å²) in [6, 6.07) is 9.65. The fraction of sp³-hybridized carbons (Fsp3) is 0.350. The molecule has 4 rings (SSSR count). The van der Waals surface area contributed by atoms with Crippen molar-refractivity contribution in [2.24, 2.45) is 0 Å². The number of carbonyl (C=O) groups is 1. The van der Waals surface area contributed by atoms with Crippen LogP contribution in [0.25, 0.3) is 10.7 Å². The van der Waals surface area contributed by atoms with Crippen molar-refractivity contribution in [3.05, 3.63) is 46.5 Å². The molecule has 1 unspecified atom stereocenters. The van der Waals surface area contributed by atoms with Gasteiger partial charge in [0.1, 0.15) is 6.04 Å². The van der Waals surface area contributed by atoms with Crippen molar-refractivity contribution in [2.45, 2.75) is 48.8 Å². The Morgan fingerprint density at radius 2 is 2.07 bits per heavy atom. The third-order valence-electron chi connectivity index (χ3n) is 5.38. The number of sulfone groups is 1. The van der Waals surface area contributed by atoms with Crippen LogP contribution in [0.5, 0.6) is 0 Å². The molecule has 1 aromatic carbocycles. The number of amides is 1. The SMILES string of the molecule is CC(C(=O)Nc1cccc(S(=O)(=O)C2CCCC2)c1)n1c(-c2cccs2)n[nH]c1=S. The largest absolute Gasteiger partial charge is 0.324 e. The van der Waals surface area contributed by atoms with Gasteiger partial charge in [0.05, 0.1) is 15.0 Å². The van der Waals surface area contributed by atoms with E-state index < -0.39 is 15.9 Å². The molecule has 0 saturated heterocycles. The average molecular weight is 463 g/mol. The first-order chi connectivity index (χ1) is 14.4. The number of benzene rings is 1. The highest BCUT2D eigenvalue weighted by Crippen LogP contribution is 2.31. The van der Waals surface area contributed by atoms with Gasteiger partial charge in [-0.3, -0.25) is 14.5 Å². The van der Waals surface area contributed by atoms with E-state index in [9.17, 15) is 13.2 Å². The Labute approximate surface area is 184 Å². The molecule has 0 aliphatic heterocycles. The summed E-state index contributed by atoms with van der Waals surface area (Å²) in [6.07, 6.45) is 3.27. The van der Waals surface area contributed by atoms with E-state index >= 15 is 0 Å². The molecular weight excluding hydrogens is 440 g/mol. The summed E-state index contributed by atoms with van der Waals surface area (Å²) in [5.74, 6) is 0.288. The van der Waals surface area contributed by atoms with Gasteiger partial charge in [-0.2, -0.15) is 5.10 Å². The van der Waals surface area contributed by atoms with Crippen LogP contribution in [0.2, 0.25) is 0 Å². The molecule has 1 fully saturated rings. The van der Waals surface area contributed by atoms with Crippen molar-refractivity contribution in [3.8, 4) is 10.7 Å². The number of H-pyrrole nitrogens is 1. The lowest BCUT2D eigenvalue weighted by molar-refractivity contribution is -0.118. The summed E-state index contributed by atoms with van der Waals surface area (Å²) in [6.45, 7) is 1.73. The van der Waals surface area contributed by atoms with E-state index in [4.69, 9.17) is 12.2 Å². The molecule has 30 heavy (non-hydrogen) atoms. The number of carbonyl (C=O) groups excluding carboxylic acids is 1. The number of nitrogens with zero attached hydrogens (tertiary/aromatic N) is 2. The normalized spacial score (nSPS) is 15.9. The molecule has 7 nitrogen and oxygen atoms in total. The maximum atomic E-state index is 12.9. The van der Waals surface area contributed by atoms with Crippen molar-refractivity contribution in [1.82, 2.24) is 14.8 Å². The second kappa shape index (κ2) is 8.44. The number of thiophene rings is 1. The van der Waals surface area contributed by atoms with Crippen molar-refractivity contribution in [1.29, 1.82) is 0 Å². The molecular formula is C20H22N4O3S3. The van der Waals surface area contributed by atoms with Gasteiger partial charge in [0, 0.05) is 5.69 Å². The number of aromatic nitrogens is 3. The van der Waals surface area contributed by atoms with Crippen LogP contribution in [0.3, 0.4) is 0 Å². The summed E-state index contributed by atoms with van der Waals surface area (Å²) in [7, 11) is -3.39. The Morgan fingerprint density at radius 1 is 1.30 bits per heavy atom. The van der Waals surface area contributed by atoms with Crippen molar-refractivity contribution in [3.63, 3.8) is 0 Å². The molecule has 2 aromatic heterocycles. The zero-order valence-corrected chi connectivity index (χ0v) is 18.8. The van der Waals surface area contributed by atoms with Crippen molar-refractivity contribution >= 4 is 45.0 Å². The van der Waals surface area contributed by atoms with Crippen LogP contribution in [0.1, 0.15) is 38.6 Å². The summed E-state index contributed by atoms with van der Waals surface area (Å²) in [5, 5.41) is 11.4. The molecule has 1 saturated carbocycles. The topological polar surface area (TPSA) is 96.8 Å². The number of rotatable bonds is 6. The highest BCUT2D eigenvalue weighted by atomic mass is 32.2. The van der Waals surface area contributed by atoms with Gasteiger partial charge in [-0.15, -0.1) is 11.3 Å². The van der Waals surface area contributed by atoms with Crippen LogP contribution < -0.4 is 5.32 Å². The van der Waals surface area contributed by atoms with Crippen LogP contribution in [0.4, 0.5) is 5.69 Å². The van der Waals surface area contributed by atoms with E-state index in [2.05, 4.69) is 15.5 Å². The summed E-state index contributed by atoms with van der Waals surface area (Å²) in [5.41, 5.74) is 0.443. The Kier molecular flexibility index (Phi) is 5.90. The molecule has 1 amide bonds. The van der Waals surface area contributed by atoms with E-state index in [0.29, 0.717) is 29.1 Å². The van der Waals surface area contributed by atoms with Gasteiger partial charge >= 0.3 is 0 Å². The van der Waals surface area contributed by atoms with Crippen LogP contribution in [-0.4, -0.2) is 34.3 Å². The van der Waals surface area contributed by atoms with E-state index in [-0.39, 0.29) is 16.1 Å². The minimum atomic E-state index is -3.39. The molecule has 2 heterocycles. The summed E-state index contributed by atoms with van der Waals surface area (Å²) < 4.78 is 27.8. The van der Waals surface area contributed by atoms with Gasteiger partial charge in [-0.05, 0) is 61.6 Å². The molecule has 1 aliphatic rings. The Morgan fingerprint density at radius 3 is 2.77 bits per heavy atom. The number of hydrogen-bond donors (Lipinski definition) is 2. The number of anilines is 1. The maximum absolute atomic E-state index is 12.9. The molecule has 1 aliphatic carbocycles. The van der Waals surface area contributed by atoms with Crippen LogP contribution in [0.15, 0.2) is 46.7 Å². The Bertz CT molecular complexity index is 1210. The molecule has 3 aromatic rings. The lowest BCUT2D eigenvalue weighted by Crippen LogP contribution is -2.24. The molecule has 0 spiro atoms. The standard InChI is InChI=1S/C20H22N4O3S3/c1-13(24-18(22-23-20(24)28)17-10-5-11-29-17)19(25)21-14-6-4-9-16(12-14)30(26,27)15-7-2-3-8-15/h4-6,9-13,15H,2-3,7-8H2,1H3,(H,21,25)(H,23,28). The predicted molar refractivity (Wildman–Crippen MR) is 120 cm³/mol. The third-order valence-corrected chi connectivity index (χ3v) is 8.80. The zero-order valence-electron chi connectivity index (χ0n) is 16.4. The molecule has 158 valence electrons. The first kappa shape index (κ1) is 21.0. The van der Waals surface area contributed by atoms with Gasteiger partial charge < -0.3 is 5.32 Å². The lowest BCUT2D eigenvalue weighted by Gasteiger charge is -2.16. The molecule has 2 N–H and O–H groups in total. The Hall–Kier alpha value is -2.30. The first-order valence-electron chi connectivity index (χ1n) is 9.73. The highest BCUT2D eigenvalue weighted by Gasteiger charge is 2.30. The van der Waals surface area contributed by atoms with Gasteiger partial charge in [0.2, 0.25) is 5.91 Å². The average Bonchev–Trinajstić information content (AvgIpc) is 3.49. The summed E-state index contributed by atoms with van der Waals surface area (Å²) >= 11 is 6.83. The van der Waals surface area contributed by atoms with E-state index in [0.717, 1.165) is 17.7 Å². The van der Waals surface area contributed by atoms with E-state index in [1.807, 2.05) is 17.5 Å². The Balaban J connectivity index is 1.57. The number of aromatic amines is 1. The maximum Gasteiger partial charge on any atom is 0.247 e. The highest BCUT2D eigenvalue weighted by molar-refractivity contribution is 7.92. The predicted octanol–water partition coefficient (Wildman–Crippen LogP) is 4.59. The van der Waals surface area contributed by atoms with E-state index in [1.165, 1.54) is 17.4 Å². The second-order valence-electron chi connectivity index (χ2n) is 7.34. The molecule has 1 atom stereocenters. The fourth-order valence-electron chi connectivity index (χ4n) is 3.75. The van der Waals surface area contributed by atoms with Gasteiger partial charge in [0.15, 0.2) is 20.4 Å². The van der Waals surface area contributed by atoms with Crippen molar-refractivity contribution < 1.29 is 13.2 Å². The minimum Gasteiger partial charge on any atom is -0.324 e. The quantitative estimate of drug-likeness (QED) is 0.523. The first-order valence-corrected chi connectivity index (χ1v) is 12.6. The monoisotopic (exact) mass is 462 g/mol. The summed E-state index contributed by atoms with van der Waals surface area (Å²) in [4.78, 5) is 14.1.